The van der Waals surface area contributed by atoms with Gasteiger partial charge in [-0.25, -0.2) is 0 Å². The predicted molar refractivity (Wildman–Crippen MR) is 48.6 cm³/mol. The molecule has 1 aromatic rings. The molecule has 1 aromatic heterocycles. The molecule has 0 amide bonds. The lowest BCUT2D eigenvalue weighted by Crippen LogP contribution is -2.12. The van der Waals surface area contributed by atoms with Crippen molar-refractivity contribution in [3.8, 4) is 0 Å². The Labute approximate surface area is 83.7 Å². The SMILES string of the molecule is NC(=S)CCn1cc(C(F)(F)F)cn1. The molecule has 0 aliphatic heterocycles. The molecule has 0 bridgehead atoms. The van der Waals surface area contributed by atoms with Crippen molar-refractivity contribution >= 4 is 17.2 Å². The van der Waals surface area contributed by atoms with Crippen molar-refractivity contribution in [1.29, 1.82) is 0 Å². The molecule has 0 atom stereocenters. The molecule has 0 aromatic carbocycles. The zero-order chi connectivity index (χ0) is 10.8. The Hall–Kier alpha value is -1.11. The topological polar surface area (TPSA) is 43.8 Å². The number of alkyl halides is 3. The minimum absolute atomic E-state index is 0.258. The van der Waals surface area contributed by atoms with Gasteiger partial charge >= 0.3 is 6.18 Å². The maximum absolute atomic E-state index is 12.1. The average molecular weight is 223 g/mol. The lowest BCUT2D eigenvalue weighted by molar-refractivity contribution is -0.137. The van der Waals surface area contributed by atoms with Crippen LogP contribution in [0.1, 0.15) is 12.0 Å². The smallest absolute Gasteiger partial charge is 0.393 e. The Kier molecular flexibility index (Phi) is 3.10. The third kappa shape index (κ3) is 2.99. The van der Waals surface area contributed by atoms with Crippen molar-refractivity contribution in [2.75, 3.05) is 0 Å². The molecule has 0 aliphatic carbocycles. The van der Waals surface area contributed by atoms with Gasteiger partial charge in [0.05, 0.1) is 16.7 Å². The molecule has 0 aliphatic rings. The van der Waals surface area contributed by atoms with E-state index in [4.69, 9.17) is 5.73 Å². The van der Waals surface area contributed by atoms with Crippen molar-refractivity contribution in [2.45, 2.75) is 19.1 Å². The second-order valence-electron chi connectivity index (χ2n) is 2.71. The Morgan fingerprint density at radius 3 is 2.64 bits per heavy atom. The summed E-state index contributed by atoms with van der Waals surface area (Å²) in [7, 11) is 0. The first kappa shape index (κ1) is 11.0. The Bertz CT molecular complexity index is 331. The van der Waals surface area contributed by atoms with Crippen LogP contribution in [0.3, 0.4) is 0 Å². The highest BCUT2D eigenvalue weighted by Crippen LogP contribution is 2.28. The quantitative estimate of drug-likeness (QED) is 0.791. The van der Waals surface area contributed by atoms with E-state index in [1.807, 2.05) is 0 Å². The van der Waals surface area contributed by atoms with Crippen molar-refractivity contribution in [2.24, 2.45) is 5.73 Å². The maximum Gasteiger partial charge on any atom is 0.419 e. The van der Waals surface area contributed by atoms with E-state index in [1.54, 1.807) is 0 Å². The highest BCUT2D eigenvalue weighted by molar-refractivity contribution is 7.80. The number of halogens is 3. The van der Waals surface area contributed by atoms with Gasteiger partial charge in [-0.3, -0.25) is 4.68 Å². The second kappa shape index (κ2) is 3.95. The number of nitrogens with zero attached hydrogens (tertiary/aromatic N) is 2. The van der Waals surface area contributed by atoms with Crippen LogP contribution in [0, 0.1) is 0 Å². The molecular weight excluding hydrogens is 215 g/mol. The number of nitrogens with two attached hydrogens (primary N) is 1. The molecule has 3 nitrogen and oxygen atoms in total. The Morgan fingerprint density at radius 1 is 1.57 bits per heavy atom. The molecule has 78 valence electrons. The van der Waals surface area contributed by atoms with Crippen LogP contribution in [-0.4, -0.2) is 14.8 Å². The molecule has 0 saturated carbocycles. The van der Waals surface area contributed by atoms with E-state index in [1.165, 1.54) is 4.68 Å². The first-order chi connectivity index (χ1) is 6.39. The summed E-state index contributed by atoms with van der Waals surface area (Å²) < 4.78 is 37.5. The summed E-state index contributed by atoms with van der Waals surface area (Å²) in [6, 6.07) is 0. The molecular formula is C7H8F3N3S. The van der Waals surface area contributed by atoms with Gasteiger partial charge in [-0.2, -0.15) is 18.3 Å². The molecule has 7 heteroatoms. The zero-order valence-corrected chi connectivity index (χ0v) is 7.90. The van der Waals surface area contributed by atoms with Gasteiger partial charge in [0.25, 0.3) is 0 Å². The van der Waals surface area contributed by atoms with Gasteiger partial charge in [-0.1, -0.05) is 12.2 Å². The van der Waals surface area contributed by atoms with Gasteiger partial charge in [0.1, 0.15) is 0 Å². The normalized spacial score (nSPS) is 11.6. The van der Waals surface area contributed by atoms with Crippen LogP contribution in [0.2, 0.25) is 0 Å². The minimum Gasteiger partial charge on any atom is -0.393 e. The number of thiocarbonyl (C=S) groups is 1. The summed E-state index contributed by atoms with van der Waals surface area (Å²) in [5, 5.41) is 3.54. The fraction of sp³-hybridized carbons (Fsp3) is 0.429. The zero-order valence-electron chi connectivity index (χ0n) is 7.08. The van der Waals surface area contributed by atoms with Crippen molar-refractivity contribution in [3.63, 3.8) is 0 Å². The highest BCUT2D eigenvalue weighted by Gasteiger charge is 2.32. The van der Waals surface area contributed by atoms with Gasteiger partial charge in [0.15, 0.2) is 0 Å². The highest BCUT2D eigenvalue weighted by atomic mass is 32.1. The maximum atomic E-state index is 12.1. The number of hydrogen-bond acceptors (Lipinski definition) is 2. The van der Waals surface area contributed by atoms with E-state index < -0.39 is 11.7 Å². The summed E-state index contributed by atoms with van der Waals surface area (Å²) in [4.78, 5) is 0.258. The van der Waals surface area contributed by atoms with Crippen molar-refractivity contribution in [1.82, 2.24) is 9.78 Å². The number of hydrogen-bond donors (Lipinski definition) is 1. The van der Waals surface area contributed by atoms with Crippen molar-refractivity contribution in [3.05, 3.63) is 18.0 Å². The molecule has 2 N–H and O–H groups in total. The molecule has 0 unspecified atom stereocenters. The third-order valence-corrected chi connectivity index (χ3v) is 1.75. The number of aryl methyl sites for hydroxylation is 1. The number of aromatic nitrogens is 2. The van der Waals surface area contributed by atoms with Crippen LogP contribution in [0.4, 0.5) is 13.2 Å². The lowest BCUT2D eigenvalue weighted by Gasteiger charge is -2.01. The molecule has 1 rings (SSSR count). The van der Waals surface area contributed by atoms with Crippen molar-refractivity contribution < 1.29 is 13.2 Å². The van der Waals surface area contributed by atoms with E-state index in [9.17, 15) is 13.2 Å². The van der Waals surface area contributed by atoms with Gasteiger partial charge in [-0.15, -0.1) is 0 Å². The summed E-state index contributed by atoms with van der Waals surface area (Å²) >= 11 is 4.59. The van der Waals surface area contributed by atoms with E-state index >= 15 is 0 Å². The molecule has 0 fully saturated rings. The predicted octanol–water partition coefficient (Wildman–Crippen LogP) is 1.58. The van der Waals surface area contributed by atoms with E-state index in [0.717, 1.165) is 12.4 Å². The fourth-order valence-electron chi connectivity index (χ4n) is 0.857. The van der Waals surface area contributed by atoms with Crippen LogP contribution in [0.5, 0.6) is 0 Å². The van der Waals surface area contributed by atoms with Gasteiger partial charge in [0, 0.05) is 19.2 Å². The van der Waals surface area contributed by atoms with Crippen LogP contribution in [0.25, 0.3) is 0 Å². The average Bonchev–Trinajstić information content (AvgIpc) is 2.47. The van der Waals surface area contributed by atoms with Crippen LogP contribution < -0.4 is 5.73 Å². The summed E-state index contributed by atoms with van der Waals surface area (Å²) in [5.41, 5.74) is 4.44. The summed E-state index contributed by atoms with van der Waals surface area (Å²) in [6.45, 7) is 0.269. The first-order valence-electron chi connectivity index (χ1n) is 3.77. The molecule has 14 heavy (non-hydrogen) atoms. The monoisotopic (exact) mass is 223 g/mol. The Morgan fingerprint density at radius 2 is 2.21 bits per heavy atom. The van der Waals surface area contributed by atoms with E-state index in [0.29, 0.717) is 6.42 Å². The molecule has 0 spiro atoms. The van der Waals surface area contributed by atoms with Gasteiger partial charge in [0.2, 0.25) is 0 Å². The lowest BCUT2D eigenvalue weighted by atomic mass is 10.3. The van der Waals surface area contributed by atoms with E-state index in [-0.39, 0.29) is 11.5 Å². The van der Waals surface area contributed by atoms with E-state index in [2.05, 4.69) is 17.3 Å². The molecule has 1 heterocycles. The largest absolute Gasteiger partial charge is 0.419 e. The fourth-order valence-corrected chi connectivity index (χ4v) is 0.948. The van der Waals surface area contributed by atoms with Gasteiger partial charge in [-0.05, 0) is 0 Å². The molecule has 0 radical (unpaired) electrons. The minimum atomic E-state index is -4.35. The number of rotatable bonds is 3. The molecule has 0 saturated heterocycles. The standard InChI is InChI=1S/C7H8F3N3S/c8-7(9,10)5-3-12-13(4-5)2-1-6(11)14/h3-4H,1-2H2,(H2,11,14). The van der Waals surface area contributed by atoms with Gasteiger partial charge < -0.3 is 5.73 Å². The second-order valence-corrected chi connectivity index (χ2v) is 3.23. The third-order valence-electron chi connectivity index (χ3n) is 1.55. The van der Waals surface area contributed by atoms with Crippen LogP contribution in [-0.2, 0) is 12.7 Å². The van der Waals surface area contributed by atoms with Crippen LogP contribution >= 0.6 is 12.2 Å². The summed E-state index contributed by atoms with van der Waals surface area (Å²) in [5.74, 6) is 0. The van der Waals surface area contributed by atoms with Crippen LogP contribution in [0.15, 0.2) is 12.4 Å². The first-order valence-corrected chi connectivity index (χ1v) is 4.18. The Balaban J connectivity index is 2.64. The summed E-state index contributed by atoms with van der Waals surface area (Å²) in [6.07, 6.45) is -2.30.